The van der Waals surface area contributed by atoms with Gasteiger partial charge in [-0.05, 0) is 120 Å². The van der Waals surface area contributed by atoms with Gasteiger partial charge in [0.05, 0.1) is 5.52 Å². The standard InChI is InChI=1S/C57H55BN2/c1-54(2,3)33-20-23-35(24-21-33)59-49-27-22-34(55(4,5)6)28-42(49)38-25-26-39-43-29-40-36-16-12-14-18-44(36)56(7,8)46(40)31-50(43)60-51-32-47-41(30-48(51)58(11)52(38)53(39)60)37-17-13-15-19-45(37)57(47,9)10/h12-32,59H,1-11H3. The van der Waals surface area contributed by atoms with Crippen LogP contribution in [0, 0.1) is 0 Å². The van der Waals surface area contributed by atoms with Crippen LogP contribution in [0.5, 0.6) is 0 Å². The first-order valence-corrected chi connectivity index (χ1v) is 22.0. The molecule has 0 fully saturated rings. The molecule has 60 heavy (non-hydrogen) atoms. The van der Waals surface area contributed by atoms with Gasteiger partial charge in [0.2, 0.25) is 6.71 Å². The van der Waals surface area contributed by atoms with Crippen LogP contribution in [0.4, 0.5) is 11.4 Å². The molecule has 2 nitrogen and oxygen atoms in total. The van der Waals surface area contributed by atoms with Gasteiger partial charge in [-0.3, -0.25) is 0 Å². The Bertz CT molecular complexity index is 3140. The SMILES string of the molecule is CB1c2cc3c(cc2-n2c4cc5c(cc4c4ccc(-c6cc(C(C)(C)C)ccc6Nc6ccc(C(C)(C)C)cc6)c1c42)-c1ccccc1C5(C)C)C(C)(C)c1ccccc1-3. The van der Waals surface area contributed by atoms with E-state index in [9.17, 15) is 0 Å². The van der Waals surface area contributed by atoms with E-state index in [1.807, 2.05) is 0 Å². The highest BCUT2D eigenvalue weighted by Gasteiger charge is 2.41. The van der Waals surface area contributed by atoms with Crippen LogP contribution in [0.3, 0.4) is 0 Å². The zero-order valence-corrected chi connectivity index (χ0v) is 37.1. The van der Waals surface area contributed by atoms with Gasteiger partial charge in [-0.1, -0.05) is 166 Å². The number of aromatic nitrogens is 1. The summed E-state index contributed by atoms with van der Waals surface area (Å²) >= 11 is 0. The number of hydrogen-bond donors (Lipinski definition) is 1. The fourth-order valence-electron chi connectivity index (χ4n) is 11.2. The first-order valence-electron chi connectivity index (χ1n) is 22.0. The van der Waals surface area contributed by atoms with Crippen molar-refractivity contribution in [3.63, 3.8) is 0 Å². The Labute approximate surface area is 356 Å². The number of hydrogen-bond acceptors (Lipinski definition) is 1. The Kier molecular flexibility index (Phi) is 7.54. The minimum Gasteiger partial charge on any atom is -0.355 e. The molecule has 0 saturated heterocycles. The molecule has 0 saturated carbocycles. The zero-order chi connectivity index (χ0) is 41.8. The Morgan fingerprint density at radius 1 is 0.500 bits per heavy atom. The Hall–Kier alpha value is -5.80. The maximum atomic E-state index is 3.92. The van der Waals surface area contributed by atoms with E-state index in [1.54, 1.807) is 0 Å². The fourth-order valence-corrected chi connectivity index (χ4v) is 11.2. The van der Waals surface area contributed by atoms with Crippen LogP contribution in [0.15, 0.2) is 127 Å². The minimum atomic E-state index is -0.101. The van der Waals surface area contributed by atoms with Gasteiger partial charge < -0.3 is 9.88 Å². The van der Waals surface area contributed by atoms with Crippen molar-refractivity contribution in [3.8, 4) is 39.1 Å². The molecule has 0 spiro atoms. The van der Waals surface area contributed by atoms with Crippen LogP contribution in [0.2, 0.25) is 6.82 Å². The third kappa shape index (κ3) is 5.08. The van der Waals surface area contributed by atoms with E-state index < -0.39 is 0 Å². The number of nitrogens with zero attached hydrogens (tertiary/aromatic N) is 1. The molecule has 296 valence electrons. The summed E-state index contributed by atoms with van der Waals surface area (Å²) < 4.78 is 2.67. The molecule has 8 aromatic rings. The Morgan fingerprint density at radius 3 is 1.72 bits per heavy atom. The van der Waals surface area contributed by atoms with Gasteiger partial charge in [0.1, 0.15) is 0 Å². The summed E-state index contributed by atoms with van der Waals surface area (Å²) in [6.45, 7) is 26.1. The van der Waals surface area contributed by atoms with Crippen molar-refractivity contribution < 1.29 is 0 Å². The van der Waals surface area contributed by atoms with Gasteiger partial charge in [-0.2, -0.15) is 0 Å². The van der Waals surface area contributed by atoms with Crippen LogP contribution < -0.4 is 16.2 Å². The molecule has 0 atom stereocenters. The summed E-state index contributed by atoms with van der Waals surface area (Å²) in [6.07, 6.45) is 0. The molecular weight excluding hydrogens is 723 g/mol. The molecule has 0 bridgehead atoms. The average molecular weight is 779 g/mol. The highest BCUT2D eigenvalue weighted by Crippen LogP contribution is 2.53. The molecule has 1 aromatic heterocycles. The molecular formula is C57H55BN2. The third-order valence-corrected chi connectivity index (χ3v) is 14.7. The molecule has 2 aliphatic carbocycles. The van der Waals surface area contributed by atoms with Crippen molar-refractivity contribution in [2.45, 2.75) is 97.7 Å². The fraction of sp³-hybridized carbons (Fsp3) is 0.263. The molecule has 7 aromatic carbocycles. The van der Waals surface area contributed by atoms with E-state index in [4.69, 9.17) is 0 Å². The van der Waals surface area contributed by atoms with Crippen molar-refractivity contribution in [1.29, 1.82) is 0 Å². The lowest BCUT2D eigenvalue weighted by Crippen LogP contribution is -2.46. The van der Waals surface area contributed by atoms with Crippen molar-refractivity contribution in [2.24, 2.45) is 0 Å². The average Bonchev–Trinajstić information content (AvgIpc) is 3.75. The van der Waals surface area contributed by atoms with E-state index in [2.05, 4.69) is 213 Å². The molecule has 3 aliphatic rings. The van der Waals surface area contributed by atoms with Crippen molar-refractivity contribution in [3.05, 3.63) is 161 Å². The lowest BCUT2D eigenvalue weighted by Gasteiger charge is -2.30. The summed E-state index contributed by atoms with van der Waals surface area (Å²) in [6, 6.07) is 49.3. The normalized spacial score (nSPS) is 15.5. The van der Waals surface area contributed by atoms with E-state index in [1.165, 1.54) is 105 Å². The lowest BCUT2D eigenvalue weighted by atomic mass is 9.39. The molecule has 3 heteroatoms. The van der Waals surface area contributed by atoms with Gasteiger partial charge in [0, 0.05) is 49.7 Å². The molecule has 0 amide bonds. The van der Waals surface area contributed by atoms with Crippen LogP contribution in [-0.4, -0.2) is 11.3 Å². The van der Waals surface area contributed by atoms with E-state index >= 15 is 0 Å². The van der Waals surface area contributed by atoms with Gasteiger partial charge >= 0.3 is 0 Å². The second kappa shape index (κ2) is 12.2. The van der Waals surface area contributed by atoms with Gasteiger partial charge in [-0.25, -0.2) is 0 Å². The quantitative estimate of drug-likeness (QED) is 0.177. The molecule has 0 unspecified atom stereocenters. The van der Waals surface area contributed by atoms with Crippen molar-refractivity contribution >= 4 is 50.8 Å². The maximum Gasteiger partial charge on any atom is 0.212 e. The summed E-state index contributed by atoms with van der Waals surface area (Å²) in [5.41, 5.74) is 25.2. The summed E-state index contributed by atoms with van der Waals surface area (Å²) in [4.78, 5) is 0. The number of fused-ring (bicyclic) bond motifs is 11. The second-order valence-electron chi connectivity index (χ2n) is 21.2. The van der Waals surface area contributed by atoms with Gasteiger partial charge in [-0.15, -0.1) is 0 Å². The smallest absolute Gasteiger partial charge is 0.212 e. The minimum absolute atomic E-state index is 0.0134. The predicted octanol–water partition coefficient (Wildman–Crippen LogP) is 14.0. The van der Waals surface area contributed by atoms with Gasteiger partial charge in [0.15, 0.2) is 0 Å². The topological polar surface area (TPSA) is 17.0 Å². The van der Waals surface area contributed by atoms with E-state index in [0.717, 1.165) is 11.4 Å². The third-order valence-electron chi connectivity index (χ3n) is 14.7. The largest absolute Gasteiger partial charge is 0.355 e. The lowest BCUT2D eigenvalue weighted by molar-refractivity contribution is 0.590. The Morgan fingerprint density at radius 2 is 1.08 bits per heavy atom. The van der Waals surface area contributed by atoms with Crippen LogP contribution in [-0.2, 0) is 21.7 Å². The highest BCUT2D eigenvalue weighted by molar-refractivity contribution is 6.88. The van der Waals surface area contributed by atoms with Gasteiger partial charge in [0.25, 0.3) is 0 Å². The van der Waals surface area contributed by atoms with E-state index in [0.29, 0.717) is 0 Å². The monoisotopic (exact) mass is 778 g/mol. The van der Waals surface area contributed by atoms with Crippen LogP contribution >= 0.6 is 0 Å². The van der Waals surface area contributed by atoms with Crippen molar-refractivity contribution in [2.75, 3.05) is 5.32 Å². The molecule has 11 rings (SSSR count). The summed E-state index contributed by atoms with van der Waals surface area (Å²) in [5, 5.41) is 6.57. The van der Waals surface area contributed by atoms with Crippen LogP contribution in [0.1, 0.15) is 103 Å². The molecule has 1 aliphatic heterocycles. The summed E-state index contributed by atoms with van der Waals surface area (Å²) in [5.74, 6) is 0. The highest BCUT2D eigenvalue weighted by atomic mass is 15.0. The number of rotatable bonds is 3. The number of anilines is 2. The number of nitrogens with one attached hydrogen (secondary N) is 1. The summed E-state index contributed by atoms with van der Waals surface area (Å²) in [7, 11) is 0. The predicted molar refractivity (Wildman–Crippen MR) is 259 cm³/mol. The Balaban J connectivity index is 1.22. The first-order chi connectivity index (χ1) is 28.4. The molecule has 0 radical (unpaired) electrons. The van der Waals surface area contributed by atoms with E-state index in [-0.39, 0.29) is 28.4 Å². The second-order valence-corrected chi connectivity index (χ2v) is 21.2. The van der Waals surface area contributed by atoms with Crippen LogP contribution in [0.25, 0.3) is 60.9 Å². The first kappa shape index (κ1) is 37.2. The molecule has 1 N–H and O–H groups in total. The molecule has 2 heterocycles. The van der Waals surface area contributed by atoms with Crippen molar-refractivity contribution in [1.82, 2.24) is 4.57 Å². The zero-order valence-electron chi connectivity index (χ0n) is 37.1. The number of benzene rings is 7. The maximum absolute atomic E-state index is 3.92.